The number of hydrogen-bond acceptors (Lipinski definition) is 5. The average Bonchev–Trinajstić information content (AvgIpc) is 3.23. The first kappa shape index (κ1) is 22.4. The Bertz CT molecular complexity index is 1100. The molecule has 0 spiro atoms. The molecule has 9 heteroatoms. The van der Waals surface area contributed by atoms with E-state index < -0.39 is 16.0 Å². The van der Waals surface area contributed by atoms with Crippen LogP contribution in [0.15, 0.2) is 67.0 Å². The van der Waals surface area contributed by atoms with Gasteiger partial charge in [-0.25, -0.2) is 8.42 Å². The van der Waals surface area contributed by atoms with Gasteiger partial charge in [-0.2, -0.15) is 5.10 Å². The number of aromatic nitrogens is 2. The number of carboxylic acid groups (broad SMARTS) is 1. The molecule has 2 aromatic carbocycles. The maximum Gasteiger partial charge on any atom is 0.303 e. The number of hydrogen-bond donors (Lipinski definition) is 1. The Morgan fingerprint density at radius 3 is 2.58 bits per heavy atom. The van der Waals surface area contributed by atoms with Crippen molar-refractivity contribution in [2.24, 2.45) is 0 Å². The van der Waals surface area contributed by atoms with Crippen molar-refractivity contribution in [3.05, 3.63) is 78.1 Å². The third-order valence-electron chi connectivity index (χ3n) is 4.64. The van der Waals surface area contributed by atoms with Crippen LogP contribution in [0, 0.1) is 0 Å². The van der Waals surface area contributed by atoms with Crippen LogP contribution in [0.2, 0.25) is 0 Å². The molecule has 164 valence electrons. The fourth-order valence-electron chi connectivity index (χ4n) is 3.18. The second kappa shape index (κ2) is 10.1. The van der Waals surface area contributed by atoms with E-state index in [0.717, 1.165) is 17.4 Å². The molecule has 3 aromatic rings. The predicted octanol–water partition coefficient (Wildman–Crippen LogP) is 2.79. The molecule has 1 N–H and O–H groups in total. The zero-order chi connectivity index (χ0) is 22.3. The molecule has 0 bridgehead atoms. The summed E-state index contributed by atoms with van der Waals surface area (Å²) in [7, 11) is -3.48. The Morgan fingerprint density at radius 1 is 1.16 bits per heavy atom. The van der Waals surface area contributed by atoms with Gasteiger partial charge in [0.1, 0.15) is 12.4 Å². The number of carbonyl (C=O) groups is 1. The Hall–Kier alpha value is -3.33. The molecule has 0 aliphatic rings. The monoisotopic (exact) mass is 443 g/mol. The van der Waals surface area contributed by atoms with Crippen LogP contribution >= 0.6 is 0 Å². The average molecular weight is 444 g/mol. The van der Waals surface area contributed by atoms with Gasteiger partial charge in [-0.05, 0) is 41.8 Å². The number of benzene rings is 2. The number of nitrogens with zero attached hydrogens (tertiary/aromatic N) is 3. The molecule has 1 heterocycles. The molecule has 0 fully saturated rings. The van der Waals surface area contributed by atoms with E-state index in [9.17, 15) is 13.2 Å². The lowest BCUT2D eigenvalue weighted by atomic mass is 10.1. The number of ether oxygens (including phenoxy) is 1. The minimum absolute atomic E-state index is 0.0195. The summed E-state index contributed by atoms with van der Waals surface area (Å²) in [6, 6.07) is 16.3. The topological polar surface area (TPSA) is 102 Å². The van der Waals surface area contributed by atoms with E-state index in [2.05, 4.69) is 5.10 Å². The lowest BCUT2D eigenvalue weighted by Gasteiger charge is -2.23. The Labute approximate surface area is 181 Å². The van der Waals surface area contributed by atoms with Gasteiger partial charge in [-0.1, -0.05) is 30.3 Å². The van der Waals surface area contributed by atoms with Crippen molar-refractivity contribution in [2.45, 2.75) is 19.4 Å². The number of aryl methyl sites for hydroxylation is 1. The van der Waals surface area contributed by atoms with E-state index >= 15 is 0 Å². The summed E-state index contributed by atoms with van der Waals surface area (Å²) in [4.78, 5) is 11.0. The highest BCUT2D eigenvalue weighted by Gasteiger charge is 2.17. The summed E-state index contributed by atoms with van der Waals surface area (Å²) in [6.45, 7) is 0.792. The largest absolute Gasteiger partial charge is 0.491 e. The molecular formula is C22H25N3O5S. The van der Waals surface area contributed by atoms with Gasteiger partial charge in [0.25, 0.3) is 0 Å². The normalized spacial score (nSPS) is 11.3. The standard InChI is InChI=1S/C22H25N3O5S/c1-31(28,29)25(20-6-3-2-4-7-20)14-15-30-21-16-18(17-24-13-5-12-23-24)8-9-19(21)10-11-22(26)27/h2-9,12-13,16H,10-11,14-15,17H2,1H3,(H,26,27). The van der Waals surface area contributed by atoms with Crippen LogP contribution < -0.4 is 9.04 Å². The van der Waals surface area contributed by atoms with E-state index in [1.54, 1.807) is 35.1 Å². The second-order valence-electron chi connectivity index (χ2n) is 7.06. The minimum Gasteiger partial charge on any atom is -0.491 e. The maximum absolute atomic E-state index is 12.2. The number of para-hydroxylation sites is 1. The van der Waals surface area contributed by atoms with Crippen molar-refractivity contribution < 1.29 is 23.1 Å². The number of anilines is 1. The number of sulfonamides is 1. The van der Waals surface area contributed by atoms with E-state index in [1.165, 1.54) is 4.31 Å². The van der Waals surface area contributed by atoms with Crippen LogP contribution in [0.25, 0.3) is 0 Å². The highest BCUT2D eigenvalue weighted by molar-refractivity contribution is 7.92. The van der Waals surface area contributed by atoms with Crippen LogP contribution in [-0.2, 0) is 27.8 Å². The molecule has 31 heavy (non-hydrogen) atoms. The van der Waals surface area contributed by atoms with Gasteiger partial charge in [0.2, 0.25) is 10.0 Å². The van der Waals surface area contributed by atoms with E-state index in [4.69, 9.17) is 9.84 Å². The zero-order valence-corrected chi connectivity index (χ0v) is 18.0. The smallest absolute Gasteiger partial charge is 0.303 e. The molecule has 0 unspecified atom stereocenters. The van der Waals surface area contributed by atoms with Crippen molar-refractivity contribution in [3.8, 4) is 5.75 Å². The summed E-state index contributed by atoms with van der Waals surface area (Å²) in [5, 5.41) is 13.2. The molecule has 3 rings (SSSR count). The predicted molar refractivity (Wildman–Crippen MR) is 118 cm³/mol. The minimum atomic E-state index is -3.48. The Morgan fingerprint density at radius 2 is 1.94 bits per heavy atom. The molecule has 0 radical (unpaired) electrons. The summed E-state index contributed by atoms with van der Waals surface area (Å²) in [5.41, 5.74) is 2.27. The van der Waals surface area contributed by atoms with Gasteiger partial charge in [0.05, 0.1) is 25.0 Å². The molecule has 0 aliphatic heterocycles. The number of rotatable bonds is 11. The number of carboxylic acids is 1. The lowest BCUT2D eigenvalue weighted by Crippen LogP contribution is -2.33. The van der Waals surface area contributed by atoms with Gasteiger partial charge in [-0.3, -0.25) is 13.8 Å². The van der Waals surface area contributed by atoms with Gasteiger partial charge < -0.3 is 9.84 Å². The summed E-state index contributed by atoms with van der Waals surface area (Å²) < 4.78 is 33.5. The van der Waals surface area contributed by atoms with Crippen molar-refractivity contribution in [2.75, 3.05) is 23.7 Å². The Balaban J connectivity index is 1.76. The van der Waals surface area contributed by atoms with Gasteiger partial charge in [0, 0.05) is 18.8 Å². The van der Waals surface area contributed by atoms with Gasteiger partial charge in [0.15, 0.2) is 0 Å². The first-order valence-electron chi connectivity index (χ1n) is 9.79. The Kier molecular flexibility index (Phi) is 7.30. The summed E-state index contributed by atoms with van der Waals surface area (Å²) in [6.07, 6.45) is 5.00. The van der Waals surface area contributed by atoms with E-state index in [-0.39, 0.29) is 19.6 Å². The van der Waals surface area contributed by atoms with Crippen molar-refractivity contribution in [1.82, 2.24) is 9.78 Å². The van der Waals surface area contributed by atoms with Crippen LogP contribution in [0.4, 0.5) is 5.69 Å². The summed E-state index contributed by atoms with van der Waals surface area (Å²) >= 11 is 0. The van der Waals surface area contributed by atoms with Crippen LogP contribution in [0.3, 0.4) is 0 Å². The van der Waals surface area contributed by atoms with Gasteiger partial charge >= 0.3 is 5.97 Å². The molecule has 0 saturated carbocycles. The molecular weight excluding hydrogens is 418 g/mol. The van der Waals surface area contributed by atoms with Crippen molar-refractivity contribution >= 4 is 21.7 Å². The first-order chi connectivity index (χ1) is 14.8. The highest BCUT2D eigenvalue weighted by atomic mass is 32.2. The zero-order valence-electron chi connectivity index (χ0n) is 17.2. The fraction of sp³-hybridized carbons (Fsp3) is 0.273. The van der Waals surface area contributed by atoms with E-state index in [1.807, 2.05) is 36.5 Å². The SMILES string of the molecule is CS(=O)(=O)N(CCOc1cc(Cn2cccn2)ccc1CCC(=O)O)c1ccccc1. The molecule has 0 amide bonds. The van der Waals surface area contributed by atoms with Crippen molar-refractivity contribution in [3.63, 3.8) is 0 Å². The quantitative estimate of drug-likeness (QED) is 0.489. The molecule has 0 atom stereocenters. The second-order valence-corrected chi connectivity index (χ2v) is 8.97. The maximum atomic E-state index is 12.2. The first-order valence-corrected chi connectivity index (χ1v) is 11.6. The van der Waals surface area contributed by atoms with E-state index in [0.29, 0.717) is 24.4 Å². The number of aliphatic carboxylic acids is 1. The van der Waals surface area contributed by atoms with Crippen molar-refractivity contribution in [1.29, 1.82) is 0 Å². The highest BCUT2D eigenvalue weighted by Crippen LogP contribution is 2.24. The van der Waals surface area contributed by atoms with Crippen LogP contribution in [0.5, 0.6) is 5.75 Å². The fourth-order valence-corrected chi connectivity index (χ4v) is 4.09. The third kappa shape index (κ3) is 6.58. The van der Waals surface area contributed by atoms with Crippen LogP contribution in [-0.4, -0.2) is 48.7 Å². The molecule has 0 aliphatic carbocycles. The summed E-state index contributed by atoms with van der Waals surface area (Å²) in [5.74, 6) is -0.341. The molecule has 8 nitrogen and oxygen atoms in total. The molecule has 1 aromatic heterocycles. The van der Waals surface area contributed by atoms with Crippen LogP contribution in [0.1, 0.15) is 17.5 Å². The third-order valence-corrected chi connectivity index (χ3v) is 5.83. The lowest BCUT2D eigenvalue weighted by molar-refractivity contribution is -0.136. The molecule has 0 saturated heterocycles. The van der Waals surface area contributed by atoms with Gasteiger partial charge in [-0.15, -0.1) is 0 Å².